The number of halogens is 1. The SMILES string of the molecule is COC(=O)c1ccc(C=C2SC(=S)N(CCCC(=O)Nc3cccc(F)c3)C2=O)cc1. The minimum atomic E-state index is -0.431. The number of carbonyl (C=O) groups excluding carboxylic acids is 3. The fourth-order valence-electron chi connectivity index (χ4n) is 2.86. The van der Waals surface area contributed by atoms with E-state index in [1.807, 2.05) is 0 Å². The van der Waals surface area contributed by atoms with Gasteiger partial charge in [-0.1, -0.05) is 42.2 Å². The van der Waals surface area contributed by atoms with Gasteiger partial charge in [-0.05, 0) is 48.4 Å². The zero-order valence-corrected chi connectivity index (χ0v) is 18.2. The quantitative estimate of drug-likeness (QED) is 0.380. The molecule has 2 amide bonds. The van der Waals surface area contributed by atoms with Crippen LogP contribution in [0.4, 0.5) is 10.1 Å². The van der Waals surface area contributed by atoms with Crippen molar-refractivity contribution in [2.24, 2.45) is 0 Å². The van der Waals surface area contributed by atoms with E-state index in [-0.39, 0.29) is 18.2 Å². The molecule has 31 heavy (non-hydrogen) atoms. The lowest BCUT2D eigenvalue weighted by Gasteiger charge is -2.14. The molecule has 9 heteroatoms. The maximum atomic E-state index is 13.2. The van der Waals surface area contributed by atoms with E-state index in [0.29, 0.717) is 33.4 Å². The van der Waals surface area contributed by atoms with E-state index < -0.39 is 11.8 Å². The van der Waals surface area contributed by atoms with Crippen molar-refractivity contribution in [3.05, 3.63) is 70.4 Å². The van der Waals surface area contributed by atoms with Gasteiger partial charge in [-0.2, -0.15) is 0 Å². The molecule has 0 aliphatic carbocycles. The van der Waals surface area contributed by atoms with Crippen molar-refractivity contribution in [1.82, 2.24) is 4.90 Å². The fourth-order valence-corrected chi connectivity index (χ4v) is 4.17. The molecule has 1 N–H and O–H groups in total. The van der Waals surface area contributed by atoms with E-state index in [1.165, 1.54) is 42.0 Å². The van der Waals surface area contributed by atoms with E-state index in [0.717, 1.165) is 5.56 Å². The number of benzene rings is 2. The first-order valence-corrected chi connectivity index (χ1v) is 10.6. The van der Waals surface area contributed by atoms with Crippen LogP contribution in [-0.4, -0.2) is 40.7 Å². The molecule has 0 spiro atoms. The number of nitrogens with one attached hydrogen (secondary N) is 1. The van der Waals surface area contributed by atoms with Gasteiger partial charge in [0.25, 0.3) is 5.91 Å². The van der Waals surface area contributed by atoms with Gasteiger partial charge in [-0.25, -0.2) is 9.18 Å². The van der Waals surface area contributed by atoms with Gasteiger partial charge in [0.05, 0.1) is 17.6 Å². The number of methoxy groups -OCH3 is 1. The number of esters is 1. The molecule has 0 radical (unpaired) electrons. The Morgan fingerprint density at radius 3 is 2.65 bits per heavy atom. The topological polar surface area (TPSA) is 75.7 Å². The number of ether oxygens (including phenoxy) is 1. The van der Waals surface area contributed by atoms with Gasteiger partial charge in [0, 0.05) is 18.7 Å². The molecule has 0 aromatic heterocycles. The van der Waals surface area contributed by atoms with E-state index in [2.05, 4.69) is 10.1 Å². The lowest BCUT2D eigenvalue weighted by molar-refractivity contribution is -0.122. The minimum Gasteiger partial charge on any atom is -0.465 e. The Morgan fingerprint density at radius 1 is 1.23 bits per heavy atom. The zero-order chi connectivity index (χ0) is 22.4. The first-order valence-electron chi connectivity index (χ1n) is 9.36. The summed E-state index contributed by atoms with van der Waals surface area (Å²) in [5, 5.41) is 2.62. The van der Waals surface area contributed by atoms with Gasteiger partial charge in [0.1, 0.15) is 10.1 Å². The third-order valence-electron chi connectivity index (χ3n) is 4.40. The molecule has 0 saturated carbocycles. The van der Waals surface area contributed by atoms with Crippen molar-refractivity contribution in [2.45, 2.75) is 12.8 Å². The minimum absolute atomic E-state index is 0.168. The summed E-state index contributed by atoms with van der Waals surface area (Å²) in [6.07, 6.45) is 2.29. The van der Waals surface area contributed by atoms with E-state index in [1.54, 1.807) is 36.4 Å². The van der Waals surface area contributed by atoms with Crippen molar-refractivity contribution in [1.29, 1.82) is 0 Å². The van der Waals surface area contributed by atoms with Gasteiger partial charge < -0.3 is 10.1 Å². The summed E-state index contributed by atoms with van der Waals surface area (Å²) >= 11 is 6.49. The van der Waals surface area contributed by atoms with Crippen LogP contribution >= 0.6 is 24.0 Å². The van der Waals surface area contributed by atoms with Crippen molar-refractivity contribution in [3.8, 4) is 0 Å². The fraction of sp³-hybridized carbons (Fsp3) is 0.182. The highest BCUT2D eigenvalue weighted by atomic mass is 32.2. The molecule has 1 saturated heterocycles. The molecular weight excluding hydrogens is 439 g/mol. The van der Waals surface area contributed by atoms with Crippen molar-refractivity contribution in [2.75, 3.05) is 19.0 Å². The second-order valence-corrected chi connectivity index (χ2v) is 8.28. The molecular formula is C22H19FN2O4S2. The predicted molar refractivity (Wildman–Crippen MR) is 122 cm³/mol. The predicted octanol–water partition coefficient (Wildman–Crippen LogP) is 4.23. The molecule has 2 aromatic rings. The molecule has 1 aliphatic rings. The number of amides is 2. The number of hydrogen-bond acceptors (Lipinski definition) is 6. The molecule has 1 fully saturated rings. The summed E-state index contributed by atoms with van der Waals surface area (Å²) in [7, 11) is 1.31. The normalized spacial score (nSPS) is 14.8. The lowest BCUT2D eigenvalue weighted by atomic mass is 10.1. The molecule has 2 aromatic carbocycles. The Hall–Kier alpha value is -3.04. The van der Waals surface area contributed by atoms with Crippen LogP contribution in [-0.2, 0) is 14.3 Å². The van der Waals surface area contributed by atoms with Gasteiger partial charge in [0.15, 0.2) is 0 Å². The lowest BCUT2D eigenvalue weighted by Crippen LogP contribution is -2.29. The molecule has 0 bridgehead atoms. The summed E-state index contributed by atoms with van der Waals surface area (Å²) in [5.74, 6) is -1.35. The Balaban J connectivity index is 1.54. The summed E-state index contributed by atoms with van der Waals surface area (Å²) in [6, 6.07) is 12.3. The Kier molecular flexibility index (Phi) is 7.54. The zero-order valence-electron chi connectivity index (χ0n) is 16.6. The smallest absolute Gasteiger partial charge is 0.337 e. The molecule has 3 rings (SSSR count). The number of anilines is 1. The average molecular weight is 459 g/mol. The first-order chi connectivity index (χ1) is 14.9. The number of hydrogen-bond donors (Lipinski definition) is 1. The van der Waals surface area contributed by atoms with Crippen LogP contribution in [0.5, 0.6) is 0 Å². The number of carbonyl (C=O) groups is 3. The van der Waals surface area contributed by atoms with Crippen LogP contribution in [0.1, 0.15) is 28.8 Å². The maximum absolute atomic E-state index is 13.2. The standard InChI is InChI=1S/C22H19FN2O4S2/c1-29-21(28)15-9-7-14(8-10-15)12-18-20(27)25(22(30)31-18)11-3-6-19(26)24-17-5-2-4-16(23)13-17/h2,4-5,7-10,12-13H,3,6,11H2,1H3,(H,24,26). The molecule has 1 heterocycles. The Morgan fingerprint density at radius 2 is 1.97 bits per heavy atom. The summed E-state index contributed by atoms with van der Waals surface area (Å²) in [6.45, 7) is 0.305. The third-order valence-corrected chi connectivity index (χ3v) is 5.77. The molecule has 1 aliphatic heterocycles. The number of nitrogens with zero attached hydrogens (tertiary/aromatic N) is 1. The summed E-state index contributed by atoms with van der Waals surface area (Å²) in [5.41, 5.74) is 1.56. The van der Waals surface area contributed by atoms with Crippen molar-refractivity contribution in [3.63, 3.8) is 0 Å². The van der Waals surface area contributed by atoms with E-state index in [9.17, 15) is 18.8 Å². The average Bonchev–Trinajstić information content (AvgIpc) is 3.01. The highest BCUT2D eigenvalue weighted by molar-refractivity contribution is 8.26. The number of thiocarbonyl (C=S) groups is 1. The van der Waals surface area contributed by atoms with E-state index in [4.69, 9.17) is 12.2 Å². The van der Waals surface area contributed by atoms with Gasteiger partial charge in [0.2, 0.25) is 5.91 Å². The van der Waals surface area contributed by atoms with Crippen LogP contribution in [0.25, 0.3) is 6.08 Å². The van der Waals surface area contributed by atoms with Crippen LogP contribution in [0.2, 0.25) is 0 Å². The van der Waals surface area contributed by atoms with Crippen molar-refractivity contribution < 1.29 is 23.5 Å². The number of thioether (sulfide) groups is 1. The third kappa shape index (κ3) is 5.99. The van der Waals surface area contributed by atoms with E-state index >= 15 is 0 Å². The van der Waals surface area contributed by atoms with Crippen LogP contribution in [0.3, 0.4) is 0 Å². The maximum Gasteiger partial charge on any atom is 0.337 e. The molecule has 6 nitrogen and oxygen atoms in total. The second-order valence-electron chi connectivity index (χ2n) is 6.61. The molecule has 0 atom stereocenters. The largest absolute Gasteiger partial charge is 0.465 e. The van der Waals surface area contributed by atoms with Crippen molar-refractivity contribution >= 4 is 57.8 Å². The summed E-state index contributed by atoms with van der Waals surface area (Å²) < 4.78 is 18.3. The van der Waals surface area contributed by atoms with Crippen LogP contribution in [0.15, 0.2) is 53.4 Å². The number of rotatable bonds is 7. The van der Waals surface area contributed by atoms with Gasteiger partial charge in [-0.3, -0.25) is 14.5 Å². The molecule has 160 valence electrons. The Bertz CT molecular complexity index is 1050. The van der Waals surface area contributed by atoms with Crippen LogP contribution < -0.4 is 5.32 Å². The monoisotopic (exact) mass is 458 g/mol. The van der Waals surface area contributed by atoms with Gasteiger partial charge in [-0.15, -0.1) is 0 Å². The molecule has 0 unspecified atom stereocenters. The second kappa shape index (κ2) is 10.3. The summed E-state index contributed by atoms with van der Waals surface area (Å²) in [4.78, 5) is 38.2. The van der Waals surface area contributed by atoms with Crippen LogP contribution in [0, 0.1) is 5.82 Å². The Labute approximate surface area is 188 Å². The van der Waals surface area contributed by atoms with Gasteiger partial charge >= 0.3 is 5.97 Å². The highest BCUT2D eigenvalue weighted by Gasteiger charge is 2.31. The highest BCUT2D eigenvalue weighted by Crippen LogP contribution is 2.32. The first kappa shape index (κ1) is 22.6.